The highest BCUT2D eigenvalue weighted by Crippen LogP contribution is 2.29. The van der Waals surface area contributed by atoms with E-state index in [-0.39, 0.29) is 17.2 Å². The molecule has 17 heavy (non-hydrogen) atoms. The van der Waals surface area contributed by atoms with E-state index in [4.69, 9.17) is 11.6 Å². The second-order valence-corrected chi connectivity index (χ2v) is 3.72. The third-order valence-corrected chi connectivity index (χ3v) is 2.36. The molecule has 1 rings (SSSR count). The summed E-state index contributed by atoms with van der Waals surface area (Å²) in [5, 5.41) is 9.36. The summed E-state index contributed by atoms with van der Waals surface area (Å²) in [6.45, 7) is 1.76. The Morgan fingerprint density at radius 3 is 2.71 bits per heavy atom. The van der Waals surface area contributed by atoms with Gasteiger partial charge in [0.05, 0.1) is 24.2 Å². The van der Waals surface area contributed by atoms with Crippen molar-refractivity contribution < 1.29 is 23.4 Å². The van der Waals surface area contributed by atoms with E-state index in [1.165, 1.54) is 0 Å². The predicted molar refractivity (Wildman–Crippen MR) is 57.6 cm³/mol. The van der Waals surface area contributed by atoms with Crippen LogP contribution in [0.3, 0.4) is 0 Å². The highest BCUT2D eigenvalue weighted by atomic mass is 35.5. The quantitative estimate of drug-likeness (QED) is 0.851. The van der Waals surface area contributed by atoms with E-state index in [1.54, 1.807) is 6.92 Å². The molecular formula is C11H11ClF2O3. The van der Waals surface area contributed by atoms with Gasteiger partial charge in [-0.3, -0.25) is 4.79 Å². The van der Waals surface area contributed by atoms with Gasteiger partial charge in [-0.05, 0) is 13.0 Å². The zero-order valence-electron chi connectivity index (χ0n) is 9.04. The zero-order valence-corrected chi connectivity index (χ0v) is 9.80. The van der Waals surface area contributed by atoms with E-state index in [2.05, 4.69) is 4.74 Å². The normalized spacial score (nSPS) is 12.3. The molecule has 0 aliphatic carbocycles. The van der Waals surface area contributed by atoms with E-state index < -0.39 is 30.1 Å². The number of ether oxygens (including phenoxy) is 1. The fourth-order valence-corrected chi connectivity index (χ4v) is 1.67. The molecule has 1 unspecified atom stereocenters. The molecule has 0 heterocycles. The molecule has 0 fully saturated rings. The maximum atomic E-state index is 13.4. The van der Waals surface area contributed by atoms with Crippen molar-refractivity contribution in [1.82, 2.24) is 0 Å². The minimum absolute atomic E-state index is 0.158. The Kier molecular flexibility index (Phi) is 4.84. The van der Waals surface area contributed by atoms with Crippen LogP contribution in [-0.2, 0) is 9.53 Å². The number of hydrogen-bond acceptors (Lipinski definition) is 3. The molecule has 0 aliphatic heterocycles. The van der Waals surface area contributed by atoms with Gasteiger partial charge in [0, 0.05) is 11.6 Å². The molecule has 0 amide bonds. The number of esters is 1. The van der Waals surface area contributed by atoms with Crippen LogP contribution >= 0.6 is 11.6 Å². The summed E-state index contributed by atoms with van der Waals surface area (Å²) in [6, 6.07) is 1.46. The second-order valence-electron chi connectivity index (χ2n) is 3.31. The lowest BCUT2D eigenvalue weighted by atomic mass is 10.1. The smallest absolute Gasteiger partial charge is 0.308 e. The molecular weight excluding hydrogens is 254 g/mol. The van der Waals surface area contributed by atoms with Gasteiger partial charge in [0.25, 0.3) is 0 Å². The lowest BCUT2D eigenvalue weighted by molar-refractivity contribution is -0.145. The third kappa shape index (κ3) is 3.64. The molecule has 1 N–H and O–H groups in total. The lowest BCUT2D eigenvalue weighted by Gasteiger charge is -2.13. The number of aliphatic hydroxyl groups is 1. The van der Waals surface area contributed by atoms with Crippen LogP contribution in [0.1, 0.15) is 25.0 Å². The summed E-state index contributed by atoms with van der Waals surface area (Å²) in [5.74, 6) is -2.52. The van der Waals surface area contributed by atoms with Crippen LogP contribution in [0.5, 0.6) is 0 Å². The zero-order chi connectivity index (χ0) is 13.0. The maximum Gasteiger partial charge on any atom is 0.308 e. The van der Waals surface area contributed by atoms with Crippen LogP contribution < -0.4 is 0 Å². The van der Waals surface area contributed by atoms with Crippen molar-refractivity contribution in [2.75, 3.05) is 6.61 Å². The van der Waals surface area contributed by atoms with Crippen molar-refractivity contribution in [2.45, 2.75) is 19.4 Å². The molecule has 0 bridgehead atoms. The molecule has 1 atom stereocenters. The maximum absolute atomic E-state index is 13.4. The molecule has 0 aliphatic rings. The number of benzene rings is 1. The van der Waals surface area contributed by atoms with Crippen LogP contribution in [0, 0.1) is 11.6 Å². The monoisotopic (exact) mass is 264 g/mol. The summed E-state index contributed by atoms with van der Waals surface area (Å²) in [5.41, 5.74) is -0.305. The van der Waals surface area contributed by atoms with Crippen LogP contribution in [-0.4, -0.2) is 17.7 Å². The molecule has 3 nitrogen and oxygen atoms in total. The van der Waals surface area contributed by atoms with Gasteiger partial charge in [-0.1, -0.05) is 11.6 Å². The van der Waals surface area contributed by atoms with Gasteiger partial charge in [-0.15, -0.1) is 0 Å². The Hall–Kier alpha value is -1.20. The SMILES string of the molecule is CCOC(=O)CC(O)c1c(F)cc(F)cc1Cl. The topological polar surface area (TPSA) is 46.5 Å². The Bertz CT molecular complexity index is 400. The average molecular weight is 265 g/mol. The van der Waals surface area contributed by atoms with Gasteiger partial charge >= 0.3 is 5.97 Å². The number of carbonyl (C=O) groups is 1. The molecule has 6 heteroatoms. The Morgan fingerprint density at radius 1 is 1.53 bits per heavy atom. The average Bonchev–Trinajstić information content (AvgIpc) is 2.15. The first-order chi connectivity index (χ1) is 7.95. The number of carbonyl (C=O) groups excluding carboxylic acids is 1. The fraction of sp³-hybridized carbons (Fsp3) is 0.364. The molecule has 0 spiro atoms. The van der Waals surface area contributed by atoms with Crippen LogP contribution in [0.4, 0.5) is 8.78 Å². The Morgan fingerprint density at radius 2 is 2.18 bits per heavy atom. The van der Waals surface area contributed by atoms with E-state index in [0.29, 0.717) is 6.07 Å². The van der Waals surface area contributed by atoms with E-state index in [0.717, 1.165) is 6.07 Å². The standard InChI is InChI=1S/C11H11ClF2O3/c1-2-17-10(16)5-9(15)11-7(12)3-6(13)4-8(11)14/h3-4,9,15H,2,5H2,1H3. The Labute approximate surface area is 102 Å². The highest BCUT2D eigenvalue weighted by Gasteiger charge is 2.21. The number of rotatable bonds is 4. The van der Waals surface area contributed by atoms with E-state index >= 15 is 0 Å². The fourth-order valence-electron chi connectivity index (χ4n) is 1.35. The molecule has 0 radical (unpaired) electrons. The van der Waals surface area contributed by atoms with Crippen molar-refractivity contribution in [3.8, 4) is 0 Å². The lowest BCUT2D eigenvalue weighted by Crippen LogP contribution is -2.11. The van der Waals surface area contributed by atoms with Crippen molar-refractivity contribution in [2.24, 2.45) is 0 Å². The van der Waals surface area contributed by atoms with Gasteiger partial charge < -0.3 is 9.84 Å². The van der Waals surface area contributed by atoms with Crippen molar-refractivity contribution in [3.05, 3.63) is 34.4 Å². The molecule has 0 aromatic heterocycles. The molecule has 1 aromatic carbocycles. The van der Waals surface area contributed by atoms with Gasteiger partial charge in [-0.25, -0.2) is 8.78 Å². The largest absolute Gasteiger partial charge is 0.466 e. The summed E-state index contributed by atoms with van der Waals surface area (Å²) < 4.78 is 30.7. The Balaban J connectivity index is 2.89. The third-order valence-electron chi connectivity index (χ3n) is 2.04. The number of aliphatic hydroxyl groups excluding tert-OH is 1. The summed E-state index contributed by atoms with van der Waals surface area (Å²) in [6.07, 6.45) is -1.89. The van der Waals surface area contributed by atoms with Crippen molar-refractivity contribution in [3.63, 3.8) is 0 Å². The van der Waals surface area contributed by atoms with Gasteiger partial charge in [0.1, 0.15) is 11.6 Å². The first kappa shape index (κ1) is 13.9. The van der Waals surface area contributed by atoms with Crippen LogP contribution in [0.2, 0.25) is 5.02 Å². The van der Waals surface area contributed by atoms with E-state index in [1.807, 2.05) is 0 Å². The summed E-state index contributed by atoms with van der Waals surface area (Å²) in [4.78, 5) is 11.1. The van der Waals surface area contributed by atoms with Crippen LogP contribution in [0.15, 0.2) is 12.1 Å². The van der Waals surface area contributed by atoms with Gasteiger partial charge in [0.15, 0.2) is 0 Å². The van der Waals surface area contributed by atoms with Crippen LogP contribution in [0.25, 0.3) is 0 Å². The first-order valence-electron chi connectivity index (χ1n) is 4.93. The number of hydrogen-bond donors (Lipinski definition) is 1. The van der Waals surface area contributed by atoms with E-state index in [9.17, 15) is 18.7 Å². The molecule has 0 saturated heterocycles. The van der Waals surface area contributed by atoms with Crippen molar-refractivity contribution >= 4 is 17.6 Å². The van der Waals surface area contributed by atoms with Crippen molar-refractivity contribution in [1.29, 1.82) is 0 Å². The molecule has 94 valence electrons. The molecule has 1 aromatic rings. The second kappa shape index (κ2) is 5.93. The summed E-state index contributed by atoms with van der Waals surface area (Å²) >= 11 is 5.60. The minimum Gasteiger partial charge on any atom is -0.466 e. The number of halogens is 3. The first-order valence-corrected chi connectivity index (χ1v) is 5.31. The van der Waals surface area contributed by atoms with Gasteiger partial charge in [-0.2, -0.15) is 0 Å². The predicted octanol–water partition coefficient (Wildman–Crippen LogP) is 2.60. The van der Waals surface area contributed by atoms with Gasteiger partial charge in [0.2, 0.25) is 0 Å². The molecule has 0 saturated carbocycles. The summed E-state index contributed by atoms with van der Waals surface area (Å²) in [7, 11) is 0. The highest BCUT2D eigenvalue weighted by molar-refractivity contribution is 6.31. The minimum atomic E-state index is -1.46.